The Balaban J connectivity index is 1.47. The fourth-order valence-electron chi connectivity index (χ4n) is 3.15. The zero-order valence-electron chi connectivity index (χ0n) is 16.3. The molecule has 4 heterocycles. The molecule has 5 rings (SSSR count). The Kier molecular flexibility index (Phi) is 4.40. The van der Waals surface area contributed by atoms with Crippen LogP contribution in [0.4, 0.5) is 5.82 Å². The van der Waals surface area contributed by atoms with Crippen molar-refractivity contribution in [3.63, 3.8) is 0 Å². The van der Waals surface area contributed by atoms with Crippen LogP contribution in [0, 0.1) is 6.92 Å². The molecule has 0 saturated heterocycles. The van der Waals surface area contributed by atoms with Gasteiger partial charge in [-0.3, -0.25) is 9.89 Å². The summed E-state index contributed by atoms with van der Waals surface area (Å²) in [5.41, 5.74) is 1.93. The number of rotatable bonds is 5. The molecule has 0 radical (unpaired) electrons. The number of aryl methyl sites for hydroxylation is 1. The van der Waals surface area contributed by atoms with Crippen molar-refractivity contribution in [2.75, 3.05) is 5.32 Å². The molecule has 0 aliphatic carbocycles. The van der Waals surface area contributed by atoms with Crippen molar-refractivity contribution in [1.29, 1.82) is 0 Å². The number of nitrogens with zero attached hydrogens (tertiary/aromatic N) is 6. The van der Waals surface area contributed by atoms with E-state index in [0.29, 0.717) is 22.9 Å². The lowest BCUT2D eigenvalue weighted by atomic mass is 10.2. The zero-order valence-corrected chi connectivity index (χ0v) is 16.3. The Morgan fingerprint density at radius 2 is 2.03 bits per heavy atom. The number of anilines is 1. The number of hydrogen-bond acceptors (Lipinski definition) is 7. The molecule has 154 valence electrons. The Labute approximate surface area is 174 Å². The highest BCUT2D eigenvalue weighted by Crippen LogP contribution is 2.24. The average Bonchev–Trinajstić information content (AvgIpc) is 3.49. The van der Waals surface area contributed by atoms with Crippen molar-refractivity contribution >= 4 is 17.4 Å². The minimum Gasteiger partial charge on any atom is -0.333 e. The van der Waals surface area contributed by atoms with E-state index < -0.39 is 11.6 Å². The lowest BCUT2D eigenvalue weighted by Crippen LogP contribution is -2.28. The number of H-pyrrole nitrogens is 1. The van der Waals surface area contributed by atoms with Crippen LogP contribution in [0.15, 0.2) is 64.0 Å². The summed E-state index contributed by atoms with van der Waals surface area (Å²) in [7, 11) is 0. The first-order valence-electron chi connectivity index (χ1n) is 9.38. The number of nitrogens with one attached hydrogen (secondary N) is 2. The number of fused-ring (bicyclic) bond motifs is 1. The van der Waals surface area contributed by atoms with E-state index in [-0.39, 0.29) is 12.4 Å². The second-order valence-electron chi connectivity index (χ2n) is 6.83. The quantitative estimate of drug-likeness (QED) is 0.446. The third-order valence-corrected chi connectivity index (χ3v) is 4.56. The maximum Gasteiger partial charge on any atom is 0.350 e. The Morgan fingerprint density at radius 1 is 1.19 bits per heavy atom. The summed E-state index contributed by atoms with van der Waals surface area (Å²) in [5.74, 6) is 0.591. The fraction of sp³-hybridized carbons (Fsp3) is 0.100. The molecule has 11 nitrogen and oxygen atoms in total. The smallest absolute Gasteiger partial charge is 0.333 e. The number of aromatic amines is 1. The summed E-state index contributed by atoms with van der Waals surface area (Å²) in [6.45, 7) is 1.54. The van der Waals surface area contributed by atoms with Gasteiger partial charge in [0, 0.05) is 23.5 Å². The Morgan fingerprint density at radius 3 is 2.81 bits per heavy atom. The number of carbonyl (C=O) groups excluding carboxylic acids is 1. The van der Waals surface area contributed by atoms with E-state index in [9.17, 15) is 9.59 Å². The fourth-order valence-corrected chi connectivity index (χ4v) is 3.15. The molecule has 0 aliphatic rings. The van der Waals surface area contributed by atoms with E-state index in [1.807, 2.05) is 37.3 Å². The van der Waals surface area contributed by atoms with Gasteiger partial charge in [0.2, 0.25) is 11.7 Å². The van der Waals surface area contributed by atoms with Crippen molar-refractivity contribution in [2.45, 2.75) is 13.5 Å². The highest BCUT2D eigenvalue weighted by atomic mass is 16.5. The summed E-state index contributed by atoms with van der Waals surface area (Å²) < 4.78 is 7.81. The molecule has 0 saturated carbocycles. The van der Waals surface area contributed by atoms with Gasteiger partial charge in [-0.15, -0.1) is 5.10 Å². The summed E-state index contributed by atoms with van der Waals surface area (Å²) in [6, 6.07) is 14.5. The molecule has 0 aliphatic heterocycles. The van der Waals surface area contributed by atoms with E-state index in [0.717, 1.165) is 15.9 Å². The molecule has 4 aromatic heterocycles. The lowest BCUT2D eigenvalue weighted by Gasteiger charge is -2.00. The highest BCUT2D eigenvalue weighted by Gasteiger charge is 2.18. The molecular formula is C20H16N8O3. The molecule has 0 unspecified atom stereocenters. The first-order valence-corrected chi connectivity index (χ1v) is 9.38. The van der Waals surface area contributed by atoms with Crippen molar-refractivity contribution < 1.29 is 9.32 Å². The van der Waals surface area contributed by atoms with Gasteiger partial charge in [-0.25, -0.2) is 13.9 Å². The van der Waals surface area contributed by atoms with Crippen LogP contribution in [0.5, 0.6) is 0 Å². The third-order valence-electron chi connectivity index (χ3n) is 4.56. The van der Waals surface area contributed by atoms with E-state index in [4.69, 9.17) is 4.52 Å². The van der Waals surface area contributed by atoms with Gasteiger partial charge < -0.3 is 9.84 Å². The van der Waals surface area contributed by atoms with Crippen molar-refractivity contribution in [2.24, 2.45) is 0 Å². The van der Waals surface area contributed by atoms with Crippen molar-refractivity contribution in [1.82, 2.24) is 34.5 Å². The number of amides is 1. The second kappa shape index (κ2) is 7.37. The van der Waals surface area contributed by atoms with E-state index in [1.165, 1.54) is 4.40 Å². The van der Waals surface area contributed by atoms with Crippen LogP contribution in [0.1, 0.15) is 5.69 Å². The van der Waals surface area contributed by atoms with Crippen LogP contribution in [-0.4, -0.2) is 40.4 Å². The first kappa shape index (κ1) is 18.5. The number of aromatic nitrogens is 7. The largest absolute Gasteiger partial charge is 0.350 e. The predicted octanol–water partition coefficient (Wildman–Crippen LogP) is 1.88. The van der Waals surface area contributed by atoms with Gasteiger partial charge in [-0.2, -0.15) is 10.1 Å². The molecule has 1 aromatic carbocycles. The van der Waals surface area contributed by atoms with Crippen LogP contribution >= 0.6 is 0 Å². The maximum atomic E-state index is 12.7. The normalized spacial score (nSPS) is 11.1. The molecule has 31 heavy (non-hydrogen) atoms. The van der Waals surface area contributed by atoms with E-state index in [1.54, 1.807) is 24.4 Å². The number of pyridine rings is 1. The molecule has 5 aromatic rings. The molecule has 0 spiro atoms. The molecular weight excluding hydrogens is 400 g/mol. The molecule has 11 heteroatoms. The Hall–Kier alpha value is -4.54. The molecule has 2 N–H and O–H groups in total. The zero-order chi connectivity index (χ0) is 21.4. The number of benzene rings is 1. The Bertz CT molecular complexity index is 1440. The van der Waals surface area contributed by atoms with Gasteiger partial charge in [-0.05, 0) is 19.1 Å². The van der Waals surface area contributed by atoms with Crippen LogP contribution in [0.2, 0.25) is 0 Å². The predicted molar refractivity (Wildman–Crippen MR) is 110 cm³/mol. The van der Waals surface area contributed by atoms with Gasteiger partial charge in [0.25, 0.3) is 5.89 Å². The van der Waals surface area contributed by atoms with Crippen LogP contribution in [0.3, 0.4) is 0 Å². The van der Waals surface area contributed by atoms with Gasteiger partial charge in [-0.1, -0.05) is 35.5 Å². The SMILES string of the molecule is Cc1cc(NC(=O)Cn2nc3c(-c4nc(-c5ccccc5)no4)cccn3c2=O)n[nH]1. The summed E-state index contributed by atoms with van der Waals surface area (Å²) >= 11 is 0. The summed E-state index contributed by atoms with van der Waals surface area (Å²) in [4.78, 5) is 29.5. The maximum absolute atomic E-state index is 12.7. The van der Waals surface area contributed by atoms with Crippen molar-refractivity contribution in [3.05, 3.63) is 70.9 Å². The molecule has 0 fully saturated rings. The van der Waals surface area contributed by atoms with Crippen molar-refractivity contribution in [3.8, 4) is 22.8 Å². The standard InChI is InChI=1S/C20H16N8O3/c1-12-10-15(24-23-12)21-16(29)11-28-20(30)27-9-5-8-14(18(27)25-28)19-22-17(26-31-19)13-6-3-2-4-7-13/h2-10H,11H2,1H3,(H2,21,23,24,29). The lowest BCUT2D eigenvalue weighted by molar-refractivity contribution is -0.117. The average molecular weight is 416 g/mol. The van der Waals surface area contributed by atoms with Crippen LogP contribution in [0.25, 0.3) is 28.5 Å². The summed E-state index contributed by atoms with van der Waals surface area (Å²) in [5, 5.41) is 17.6. The molecule has 0 bridgehead atoms. The monoisotopic (exact) mass is 416 g/mol. The van der Waals surface area contributed by atoms with E-state index in [2.05, 4.69) is 30.8 Å². The summed E-state index contributed by atoms with van der Waals surface area (Å²) in [6.07, 6.45) is 1.56. The minimum atomic E-state index is -0.465. The van der Waals surface area contributed by atoms with Gasteiger partial charge in [0.15, 0.2) is 11.5 Å². The molecule has 0 atom stereocenters. The van der Waals surface area contributed by atoms with Gasteiger partial charge in [0.1, 0.15) is 6.54 Å². The van der Waals surface area contributed by atoms with Gasteiger partial charge >= 0.3 is 5.69 Å². The van der Waals surface area contributed by atoms with Crippen LogP contribution in [-0.2, 0) is 11.3 Å². The minimum absolute atomic E-state index is 0.220. The van der Waals surface area contributed by atoms with Gasteiger partial charge in [0.05, 0.1) is 5.56 Å². The number of carbonyl (C=O) groups is 1. The molecule has 1 amide bonds. The number of hydrogen-bond donors (Lipinski definition) is 2. The highest BCUT2D eigenvalue weighted by molar-refractivity contribution is 5.89. The topological polar surface area (TPSA) is 136 Å². The second-order valence-corrected chi connectivity index (χ2v) is 6.83. The first-order chi connectivity index (χ1) is 15.1. The third kappa shape index (κ3) is 3.48. The van der Waals surface area contributed by atoms with E-state index >= 15 is 0 Å². The van der Waals surface area contributed by atoms with Crippen LogP contribution < -0.4 is 11.0 Å².